The number of thioether (sulfide) groups is 1. The van der Waals surface area contributed by atoms with Gasteiger partial charge in [-0.15, -0.1) is 11.8 Å². The first kappa shape index (κ1) is 16.4. The number of carbonyl (C=O) groups excluding carboxylic acids is 1. The van der Waals surface area contributed by atoms with Crippen molar-refractivity contribution in [3.05, 3.63) is 11.0 Å². The third kappa shape index (κ3) is 9.09. The van der Waals surface area contributed by atoms with Gasteiger partial charge in [0.05, 0.1) is 4.91 Å². The predicted octanol–water partition coefficient (Wildman–Crippen LogP) is 3.35. The van der Waals surface area contributed by atoms with Crippen LogP contribution in [0.15, 0.2) is 11.0 Å². The molecule has 0 unspecified atom stereocenters. The third-order valence-electron chi connectivity index (χ3n) is 1.52. The summed E-state index contributed by atoms with van der Waals surface area (Å²) in [7, 11) is 0. The molecule has 0 aromatic rings. The Morgan fingerprint density at radius 2 is 1.82 bits per heavy atom. The predicted molar refractivity (Wildman–Crippen MR) is 64.7 cm³/mol. The zero-order chi connectivity index (χ0) is 13.6. The minimum absolute atomic E-state index is 0.118. The van der Waals surface area contributed by atoms with Gasteiger partial charge < -0.3 is 5.32 Å². The van der Waals surface area contributed by atoms with E-state index in [4.69, 9.17) is 0 Å². The molecule has 0 aromatic carbocycles. The normalized spacial score (nSPS) is 13.4. The second-order valence-corrected chi connectivity index (χ2v) is 5.86. The molecule has 0 heterocycles. The van der Waals surface area contributed by atoms with E-state index in [2.05, 4.69) is 0 Å². The van der Waals surface area contributed by atoms with Crippen molar-refractivity contribution in [1.82, 2.24) is 5.32 Å². The first-order valence-corrected chi connectivity index (χ1v) is 6.23. The molecule has 0 spiro atoms. The van der Waals surface area contributed by atoms with Gasteiger partial charge in [-0.05, 0) is 5.92 Å². The molecule has 0 aromatic heterocycles. The lowest BCUT2D eigenvalue weighted by Gasteiger charge is -2.13. The maximum Gasteiger partial charge on any atom is 0.405 e. The highest BCUT2D eigenvalue weighted by Gasteiger charge is 2.28. The first-order chi connectivity index (χ1) is 7.61. The van der Waals surface area contributed by atoms with Gasteiger partial charge in [-0.2, -0.15) is 13.2 Å². The number of hydrogen-bond acceptors (Lipinski definition) is 2. The van der Waals surface area contributed by atoms with Crippen LogP contribution in [-0.2, 0) is 4.79 Å². The molecule has 0 aliphatic heterocycles. The van der Waals surface area contributed by atoms with Gasteiger partial charge in [0.2, 0.25) is 0 Å². The monoisotopic (exact) mass is 269 g/mol. The van der Waals surface area contributed by atoms with Crippen molar-refractivity contribution in [3.8, 4) is 0 Å². The Labute approximate surface area is 104 Å². The minimum atomic E-state index is -4.37. The van der Waals surface area contributed by atoms with Crippen LogP contribution in [0, 0.1) is 5.92 Å². The van der Waals surface area contributed by atoms with Crippen LogP contribution in [0.2, 0.25) is 0 Å². The number of halogens is 3. The van der Waals surface area contributed by atoms with Crippen molar-refractivity contribution in [1.29, 1.82) is 0 Å². The molecule has 0 saturated carbocycles. The van der Waals surface area contributed by atoms with Crippen molar-refractivity contribution in [3.63, 3.8) is 0 Å². The summed E-state index contributed by atoms with van der Waals surface area (Å²) in [4.78, 5) is 11.9. The van der Waals surface area contributed by atoms with Crippen LogP contribution in [-0.4, -0.2) is 23.9 Å². The Morgan fingerprint density at radius 3 is 2.18 bits per heavy atom. The summed E-state index contributed by atoms with van der Waals surface area (Å²) < 4.78 is 35.9. The molecule has 0 aliphatic rings. The number of hydrogen-bond donors (Lipinski definition) is 1. The highest BCUT2D eigenvalue weighted by molar-refractivity contribution is 8.04. The average Bonchev–Trinajstić information content (AvgIpc) is 2.10. The van der Waals surface area contributed by atoms with Crippen molar-refractivity contribution in [2.75, 3.05) is 6.54 Å². The molecule has 0 atom stereocenters. The number of alkyl halides is 3. The quantitative estimate of drug-likeness (QED) is 0.775. The van der Waals surface area contributed by atoms with Crippen molar-refractivity contribution in [2.24, 2.45) is 5.92 Å². The molecule has 0 bridgehead atoms. The fourth-order valence-electron chi connectivity index (χ4n) is 0.993. The van der Waals surface area contributed by atoms with Crippen LogP contribution in [0.25, 0.3) is 0 Å². The number of nitrogens with one attached hydrogen (secondary N) is 1. The van der Waals surface area contributed by atoms with Gasteiger partial charge in [0, 0.05) is 5.25 Å². The number of allylic oxidation sites excluding steroid dienone is 1. The lowest BCUT2D eigenvalue weighted by atomic mass is 10.2. The van der Waals surface area contributed by atoms with Gasteiger partial charge in [-0.1, -0.05) is 33.8 Å². The van der Waals surface area contributed by atoms with Gasteiger partial charge in [-0.25, -0.2) is 0 Å². The maximum absolute atomic E-state index is 12.0. The highest BCUT2D eigenvalue weighted by atomic mass is 32.2. The van der Waals surface area contributed by atoms with Crippen LogP contribution >= 0.6 is 11.8 Å². The average molecular weight is 269 g/mol. The van der Waals surface area contributed by atoms with Crippen LogP contribution in [0.3, 0.4) is 0 Å². The molecule has 6 heteroatoms. The van der Waals surface area contributed by atoms with Crippen LogP contribution in [0.4, 0.5) is 13.2 Å². The molecule has 2 nitrogen and oxygen atoms in total. The maximum atomic E-state index is 12.0. The summed E-state index contributed by atoms with van der Waals surface area (Å²) in [6.45, 7) is 6.22. The number of rotatable bonds is 5. The third-order valence-corrected chi connectivity index (χ3v) is 2.57. The Morgan fingerprint density at radius 1 is 1.29 bits per heavy atom. The number of amides is 1. The molecule has 0 rings (SSSR count). The van der Waals surface area contributed by atoms with Crippen LogP contribution < -0.4 is 5.32 Å². The molecule has 0 fully saturated rings. The Bertz CT molecular complexity index is 285. The molecule has 0 saturated heterocycles. The van der Waals surface area contributed by atoms with Gasteiger partial charge in [0.25, 0.3) is 5.91 Å². The molecule has 1 amide bonds. The smallest absolute Gasteiger partial charge is 0.342 e. The number of carbonyl (C=O) groups is 1. The fourth-order valence-corrected chi connectivity index (χ4v) is 2.03. The fraction of sp³-hybridized carbons (Fsp3) is 0.727. The molecule has 1 N–H and O–H groups in total. The Kier molecular flexibility index (Phi) is 6.67. The summed E-state index contributed by atoms with van der Waals surface area (Å²) in [5.41, 5.74) is 0. The highest BCUT2D eigenvalue weighted by Crippen LogP contribution is 2.23. The molecule has 0 radical (unpaired) electrons. The van der Waals surface area contributed by atoms with E-state index in [1.165, 1.54) is 11.8 Å². The van der Waals surface area contributed by atoms with Gasteiger partial charge in [0.1, 0.15) is 6.54 Å². The van der Waals surface area contributed by atoms with E-state index in [1.807, 2.05) is 33.0 Å². The topological polar surface area (TPSA) is 29.1 Å². The second-order valence-electron chi connectivity index (χ2n) is 4.24. The SMILES string of the molecule is CC(C)/C=C(\SC(C)C)C(=O)NCC(F)(F)F. The van der Waals surface area contributed by atoms with Crippen molar-refractivity contribution in [2.45, 2.75) is 39.1 Å². The minimum Gasteiger partial charge on any atom is -0.342 e. The lowest BCUT2D eigenvalue weighted by molar-refractivity contribution is -0.135. The molecule has 17 heavy (non-hydrogen) atoms. The van der Waals surface area contributed by atoms with Gasteiger partial charge in [0.15, 0.2) is 0 Å². The molecule has 0 aliphatic carbocycles. The summed E-state index contributed by atoms with van der Waals surface area (Å²) in [6, 6.07) is 0. The molecule has 100 valence electrons. The largest absolute Gasteiger partial charge is 0.405 e. The van der Waals surface area contributed by atoms with E-state index < -0.39 is 18.6 Å². The van der Waals surface area contributed by atoms with E-state index in [9.17, 15) is 18.0 Å². The van der Waals surface area contributed by atoms with Gasteiger partial charge >= 0.3 is 6.18 Å². The van der Waals surface area contributed by atoms with E-state index in [0.29, 0.717) is 4.91 Å². The van der Waals surface area contributed by atoms with E-state index in [1.54, 1.807) is 6.08 Å². The Balaban J connectivity index is 4.55. The van der Waals surface area contributed by atoms with Gasteiger partial charge in [-0.3, -0.25) is 4.79 Å². The summed E-state index contributed by atoms with van der Waals surface area (Å²) in [5, 5.41) is 2.03. The van der Waals surface area contributed by atoms with E-state index in [-0.39, 0.29) is 11.2 Å². The zero-order valence-corrected chi connectivity index (χ0v) is 11.2. The second kappa shape index (κ2) is 6.93. The van der Waals surface area contributed by atoms with Crippen molar-refractivity contribution >= 4 is 17.7 Å². The zero-order valence-electron chi connectivity index (χ0n) is 10.4. The summed E-state index contributed by atoms with van der Waals surface area (Å²) in [6.07, 6.45) is -2.70. The molecular weight excluding hydrogens is 251 g/mol. The summed E-state index contributed by atoms with van der Waals surface area (Å²) >= 11 is 1.27. The van der Waals surface area contributed by atoms with E-state index >= 15 is 0 Å². The van der Waals surface area contributed by atoms with Crippen molar-refractivity contribution < 1.29 is 18.0 Å². The van der Waals surface area contributed by atoms with E-state index in [0.717, 1.165) is 0 Å². The lowest BCUT2D eigenvalue weighted by Crippen LogP contribution is -2.34. The Hall–Kier alpha value is -0.650. The standard InChI is InChI=1S/C11H18F3NOS/c1-7(2)5-9(17-8(3)4)10(16)15-6-11(12,13)14/h5,7-8H,6H2,1-4H3,(H,15,16)/b9-5-. The summed E-state index contributed by atoms with van der Waals surface area (Å²) in [5.74, 6) is -0.539. The first-order valence-electron chi connectivity index (χ1n) is 5.35. The van der Waals surface area contributed by atoms with Crippen LogP contribution in [0.1, 0.15) is 27.7 Å². The van der Waals surface area contributed by atoms with Crippen LogP contribution in [0.5, 0.6) is 0 Å². The molecular formula is C11H18F3NOS.